The van der Waals surface area contributed by atoms with E-state index in [0.29, 0.717) is 29.2 Å². The predicted octanol–water partition coefficient (Wildman–Crippen LogP) is 1.61. The summed E-state index contributed by atoms with van der Waals surface area (Å²) in [5.41, 5.74) is 1.02. The SMILES string of the molecule is CCCCCNc1ccc(Cl)c(NC(=O)C(OCCOc2ccc(N=Nc3c(SOO[O-])cc4cc(S(=O)(=O)[O-])cc(NC(C)=O)c4c3O)cc2)C(=O)c2ccc(OC)cc2)c1.[Na+].[Na+]. The maximum atomic E-state index is 13.6. The molecule has 0 saturated carbocycles. The van der Waals surface area contributed by atoms with Crippen LogP contribution in [0.4, 0.5) is 28.4 Å². The van der Waals surface area contributed by atoms with E-state index in [9.17, 15) is 37.7 Å². The first-order chi connectivity index (χ1) is 29.7. The largest absolute Gasteiger partial charge is 1.00 e. The summed E-state index contributed by atoms with van der Waals surface area (Å²) in [6, 6.07) is 20.5. The maximum absolute atomic E-state index is 13.6. The molecule has 0 aliphatic heterocycles. The molecule has 1 unspecified atom stereocenters. The van der Waals surface area contributed by atoms with Crippen molar-refractivity contribution in [2.75, 3.05) is 42.8 Å². The number of phenolic OH excluding ortho intramolecular Hbond substituents is 1. The molecule has 0 fully saturated rings. The molecule has 0 radical (unpaired) electrons. The van der Waals surface area contributed by atoms with E-state index in [1.807, 2.05) is 0 Å². The van der Waals surface area contributed by atoms with Crippen molar-refractivity contribution in [2.45, 2.75) is 49.0 Å². The molecule has 0 aliphatic carbocycles. The van der Waals surface area contributed by atoms with Crippen molar-refractivity contribution in [2.24, 2.45) is 10.2 Å². The number of Topliss-reactive ketones (excluding diaryl/α,β-unsaturated/α-hetero) is 1. The molecule has 0 heterocycles. The Hall–Kier alpha value is -3.84. The third-order valence-electron chi connectivity index (χ3n) is 8.80. The number of amides is 2. The van der Waals surface area contributed by atoms with E-state index in [2.05, 4.69) is 42.5 Å². The van der Waals surface area contributed by atoms with Crippen LogP contribution in [0.5, 0.6) is 17.2 Å². The molecule has 0 spiro atoms. The van der Waals surface area contributed by atoms with Crippen LogP contribution in [0.3, 0.4) is 0 Å². The minimum atomic E-state index is -5.00. The van der Waals surface area contributed by atoms with Gasteiger partial charge in [-0.05, 0) is 96.7 Å². The van der Waals surface area contributed by atoms with Crippen LogP contribution < -0.4 is 89.8 Å². The number of carbonyl (C=O) groups excluding carboxylic acids is 3. The fraction of sp³-hybridized carbons (Fsp3) is 0.244. The first-order valence-corrected chi connectivity index (χ1v) is 21.2. The van der Waals surface area contributed by atoms with Crippen molar-refractivity contribution >= 4 is 90.6 Å². The van der Waals surface area contributed by atoms with Gasteiger partial charge in [-0.2, -0.15) is 9.45 Å². The number of unbranched alkanes of at least 4 members (excludes halogenated alkanes) is 2. The van der Waals surface area contributed by atoms with Gasteiger partial charge in [0.1, 0.15) is 33.9 Å². The third-order valence-corrected chi connectivity index (χ3v) is 10.6. The summed E-state index contributed by atoms with van der Waals surface area (Å²) in [5, 5.41) is 42.1. The van der Waals surface area contributed by atoms with Crippen LogP contribution in [0.1, 0.15) is 43.5 Å². The van der Waals surface area contributed by atoms with Crippen molar-refractivity contribution < 1.29 is 120 Å². The molecule has 0 aliphatic rings. The molecule has 1 atom stereocenters. The number of benzene rings is 5. The van der Waals surface area contributed by atoms with Gasteiger partial charge in [0.15, 0.2) is 11.9 Å². The molecule has 328 valence electrons. The Morgan fingerprint density at radius 2 is 1.59 bits per heavy atom. The predicted molar refractivity (Wildman–Crippen MR) is 227 cm³/mol. The van der Waals surface area contributed by atoms with Gasteiger partial charge >= 0.3 is 59.1 Å². The zero-order valence-corrected chi connectivity index (χ0v) is 41.7. The summed E-state index contributed by atoms with van der Waals surface area (Å²) < 4.78 is 56.7. The first kappa shape index (κ1) is 54.5. The minimum absolute atomic E-state index is 0. The van der Waals surface area contributed by atoms with Gasteiger partial charge in [0.05, 0.1) is 57.6 Å². The van der Waals surface area contributed by atoms with Gasteiger partial charge in [-0.3, -0.25) is 19.4 Å². The third kappa shape index (κ3) is 15.4. The number of carbonyl (C=O) groups is 3. The molecular weight excluding hydrogens is 916 g/mol. The number of nitrogens with one attached hydrogen (secondary N) is 3. The monoisotopic (exact) mass is 955 g/mol. The molecule has 0 saturated heterocycles. The summed E-state index contributed by atoms with van der Waals surface area (Å²) in [6.07, 6.45) is 1.52. The van der Waals surface area contributed by atoms with Crippen molar-refractivity contribution in [3.05, 3.63) is 95.5 Å². The van der Waals surface area contributed by atoms with Gasteiger partial charge < -0.3 is 45.1 Å². The number of azo groups is 1. The standard InChI is InChI=1S/C41H42ClN5O13S2.2Na/c1-4-5-6-17-43-28-11-16-32(42)33(22-28)45-41(51)40(38(49)25-7-12-29(56-3)13-8-25)58-19-18-57-30-14-9-27(10-15-30)46-47-37-35(61-60-59-52)21-26-20-31(62(53,54)55)23-34(44-24(2)48)36(26)39(37)50;;/h7-16,20-23,40,43,50,52H,4-6,17-19H2,1-3H3,(H,44,48)(H,45,51)(H,53,54,55);;/q;2*+1/p-2. The summed E-state index contributed by atoms with van der Waals surface area (Å²) in [4.78, 5) is 38.4. The number of ether oxygens (including phenoxy) is 3. The molecule has 4 N–H and O–H groups in total. The molecule has 23 heteroatoms. The Bertz CT molecular complexity index is 2540. The van der Waals surface area contributed by atoms with Gasteiger partial charge in [-0.1, -0.05) is 31.4 Å². The fourth-order valence-corrected chi connectivity index (χ4v) is 7.05. The number of hydrogen-bond donors (Lipinski definition) is 4. The number of ketones is 1. The van der Waals surface area contributed by atoms with Crippen molar-refractivity contribution in [1.29, 1.82) is 0 Å². The minimum Gasteiger partial charge on any atom is -0.744 e. The molecular formula is C41H40ClN5Na2O13S2. The Morgan fingerprint density at radius 1 is 0.891 bits per heavy atom. The number of halogens is 1. The molecule has 5 aromatic carbocycles. The van der Waals surface area contributed by atoms with Crippen molar-refractivity contribution in [3.8, 4) is 17.2 Å². The van der Waals surface area contributed by atoms with E-state index in [0.717, 1.165) is 50.6 Å². The molecule has 2 amide bonds. The van der Waals surface area contributed by atoms with E-state index >= 15 is 0 Å². The number of nitrogens with zero attached hydrogens (tertiary/aromatic N) is 2. The van der Waals surface area contributed by atoms with Gasteiger partial charge in [-0.15, -0.1) is 5.11 Å². The Kier molecular flexibility index (Phi) is 22.4. The van der Waals surface area contributed by atoms with E-state index in [4.69, 9.17) is 25.8 Å². The first-order valence-electron chi connectivity index (χ1n) is 18.7. The van der Waals surface area contributed by atoms with E-state index in [1.165, 1.54) is 49.6 Å². The van der Waals surface area contributed by atoms with Crippen LogP contribution >= 0.6 is 23.6 Å². The second kappa shape index (κ2) is 26.3. The van der Waals surface area contributed by atoms with E-state index in [-0.39, 0.29) is 116 Å². The number of aromatic hydroxyl groups is 1. The number of fused-ring (bicyclic) bond motifs is 1. The van der Waals surface area contributed by atoms with Crippen LogP contribution in [0.2, 0.25) is 5.02 Å². The molecule has 64 heavy (non-hydrogen) atoms. The van der Waals surface area contributed by atoms with Crippen molar-refractivity contribution in [1.82, 2.24) is 0 Å². The van der Waals surface area contributed by atoms with Crippen LogP contribution in [0, 0.1) is 0 Å². The fourth-order valence-electron chi connectivity index (χ4n) is 5.86. The summed E-state index contributed by atoms with van der Waals surface area (Å²) in [7, 11) is -3.51. The normalized spacial score (nSPS) is 11.6. The van der Waals surface area contributed by atoms with Gasteiger partial charge in [0, 0.05) is 30.1 Å². The number of anilines is 3. The second-order valence-corrected chi connectivity index (χ2v) is 15.7. The zero-order valence-electron chi connectivity index (χ0n) is 35.3. The van der Waals surface area contributed by atoms with Crippen molar-refractivity contribution in [3.63, 3.8) is 0 Å². The molecule has 18 nitrogen and oxygen atoms in total. The number of hydrogen-bond acceptors (Lipinski definition) is 17. The van der Waals surface area contributed by atoms with E-state index < -0.39 is 44.5 Å². The molecule has 5 aromatic rings. The summed E-state index contributed by atoms with van der Waals surface area (Å²) in [6.45, 7) is 3.71. The number of phenols is 1. The average molecular weight is 956 g/mol. The Balaban J connectivity index is 0.00000544. The number of rotatable bonds is 22. The van der Waals surface area contributed by atoms with E-state index in [1.54, 1.807) is 30.3 Å². The topological polar surface area (TPSA) is 259 Å². The quantitative estimate of drug-likeness (QED) is 0.00885. The van der Waals surface area contributed by atoms with Gasteiger partial charge in [0.2, 0.25) is 11.7 Å². The summed E-state index contributed by atoms with van der Waals surface area (Å²) >= 11 is 6.74. The Labute approximate surface area is 422 Å². The average Bonchev–Trinajstić information content (AvgIpc) is 3.24. The van der Waals surface area contributed by atoms with Gasteiger partial charge in [0.25, 0.3) is 5.91 Å². The zero-order chi connectivity index (χ0) is 44.8. The molecule has 5 rings (SSSR count). The molecule has 0 bridgehead atoms. The van der Waals surface area contributed by atoms with Crippen LogP contribution in [0.15, 0.2) is 105 Å². The summed E-state index contributed by atoms with van der Waals surface area (Å²) in [5.74, 6) is -1.73. The van der Waals surface area contributed by atoms with Gasteiger partial charge in [-0.25, -0.2) is 8.42 Å². The van der Waals surface area contributed by atoms with Crippen LogP contribution in [0.25, 0.3) is 10.8 Å². The molecule has 0 aromatic heterocycles. The second-order valence-electron chi connectivity index (χ2n) is 13.2. The maximum Gasteiger partial charge on any atom is 1.00 e. The Morgan fingerprint density at radius 3 is 2.23 bits per heavy atom. The van der Waals surface area contributed by atoms with Crippen LogP contribution in [-0.2, 0) is 33.8 Å². The number of methoxy groups -OCH3 is 1. The van der Waals surface area contributed by atoms with Crippen LogP contribution in [-0.4, -0.2) is 68.6 Å². The smallest absolute Gasteiger partial charge is 0.744 e.